The number of benzene rings is 2. The fourth-order valence-corrected chi connectivity index (χ4v) is 2.73. The normalized spacial score (nSPS) is 10.8. The van der Waals surface area contributed by atoms with E-state index in [0.717, 1.165) is 28.6 Å². The Labute approximate surface area is 136 Å². The van der Waals surface area contributed by atoms with E-state index < -0.39 is 0 Å². The van der Waals surface area contributed by atoms with Crippen molar-refractivity contribution in [2.75, 3.05) is 5.32 Å². The molecular weight excluding hydrogens is 284 g/mol. The number of carbonyl (C=O) groups excluding carboxylic acids is 1. The second kappa shape index (κ2) is 7.14. The van der Waals surface area contributed by atoms with E-state index in [-0.39, 0.29) is 5.91 Å². The summed E-state index contributed by atoms with van der Waals surface area (Å²) >= 11 is 0. The van der Waals surface area contributed by atoms with E-state index in [9.17, 15) is 4.79 Å². The molecule has 0 bridgehead atoms. The maximum absolute atomic E-state index is 12.2. The third-order valence-corrected chi connectivity index (χ3v) is 4.04. The van der Waals surface area contributed by atoms with Crippen LogP contribution >= 0.6 is 0 Å². The number of hydrogen-bond donors (Lipinski definition) is 2. The maximum Gasteiger partial charge on any atom is 0.228 e. The molecule has 0 unspecified atom stereocenters. The first-order valence-corrected chi connectivity index (χ1v) is 8.19. The van der Waals surface area contributed by atoms with Crippen molar-refractivity contribution in [3.8, 4) is 0 Å². The molecule has 1 amide bonds. The second-order valence-electron chi connectivity index (χ2n) is 5.92. The van der Waals surface area contributed by atoms with Gasteiger partial charge in [-0.05, 0) is 53.6 Å². The molecule has 0 saturated carbocycles. The minimum Gasteiger partial charge on any atom is -0.361 e. The molecule has 0 spiro atoms. The van der Waals surface area contributed by atoms with Crippen molar-refractivity contribution < 1.29 is 4.79 Å². The summed E-state index contributed by atoms with van der Waals surface area (Å²) < 4.78 is 0. The van der Waals surface area contributed by atoms with Gasteiger partial charge in [0.05, 0.1) is 6.42 Å². The Morgan fingerprint density at radius 2 is 1.83 bits per heavy atom. The van der Waals surface area contributed by atoms with Crippen LogP contribution in [0.1, 0.15) is 30.9 Å². The second-order valence-corrected chi connectivity index (χ2v) is 5.92. The van der Waals surface area contributed by atoms with Crippen LogP contribution in [-0.4, -0.2) is 10.9 Å². The molecule has 23 heavy (non-hydrogen) atoms. The van der Waals surface area contributed by atoms with Gasteiger partial charge in [0.15, 0.2) is 0 Å². The van der Waals surface area contributed by atoms with Crippen LogP contribution in [0.4, 0.5) is 5.69 Å². The van der Waals surface area contributed by atoms with Crippen LogP contribution in [0, 0.1) is 0 Å². The highest BCUT2D eigenvalue weighted by atomic mass is 16.1. The third-order valence-electron chi connectivity index (χ3n) is 4.04. The number of anilines is 1. The quantitative estimate of drug-likeness (QED) is 0.681. The summed E-state index contributed by atoms with van der Waals surface area (Å²) in [5.41, 5.74) is 4.26. The summed E-state index contributed by atoms with van der Waals surface area (Å²) in [5, 5.41) is 4.13. The van der Waals surface area contributed by atoms with Crippen molar-refractivity contribution in [3.05, 3.63) is 65.9 Å². The predicted octanol–water partition coefficient (Wildman–Crippen LogP) is 4.69. The molecule has 2 N–H and O–H groups in total. The summed E-state index contributed by atoms with van der Waals surface area (Å²) in [7, 11) is 0. The lowest BCUT2D eigenvalue weighted by molar-refractivity contribution is -0.115. The topological polar surface area (TPSA) is 44.9 Å². The lowest BCUT2D eigenvalue weighted by atomic mass is 10.1. The maximum atomic E-state index is 12.2. The van der Waals surface area contributed by atoms with Gasteiger partial charge in [-0.2, -0.15) is 0 Å². The van der Waals surface area contributed by atoms with Crippen molar-refractivity contribution in [3.63, 3.8) is 0 Å². The van der Waals surface area contributed by atoms with Crippen molar-refractivity contribution in [1.82, 2.24) is 4.98 Å². The molecule has 0 aliphatic rings. The third kappa shape index (κ3) is 4.01. The first kappa shape index (κ1) is 15.3. The molecule has 0 aliphatic heterocycles. The van der Waals surface area contributed by atoms with E-state index in [1.807, 2.05) is 42.6 Å². The van der Waals surface area contributed by atoms with Crippen LogP contribution in [0.2, 0.25) is 0 Å². The summed E-state index contributed by atoms with van der Waals surface area (Å²) in [5.74, 6) is 0.0113. The number of rotatable bonds is 6. The highest BCUT2D eigenvalue weighted by Gasteiger charge is 2.05. The zero-order valence-corrected chi connectivity index (χ0v) is 13.4. The van der Waals surface area contributed by atoms with E-state index in [1.165, 1.54) is 18.4 Å². The van der Waals surface area contributed by atoms with E-state index in [2.05, 4.69) is 29.4 Å². The average molecular weight is 306 g/mol. The molecule has 1 heterocycles. The molecule has 0 aliphatic carbocycles. The van der Waals surface area contributed by atoms with Gasteiger partial charge in [-0.1, -0.05) is 37.6 Å². The van der Waals surface area contributed by atoms with Crippen LogP contribution in [-0.2, 0) is 17.6 Å². The van der Waals surface area contributed by atoms with E-state index in [4.69, 9.17) is 0 Å². The summed E-state index contributed by atoms with van der Waals surface area (Å²) in [6.45, 7) is 2.19. The Morgan fingerprint density at radius 1 is 1.04 bits per heavy atom. The van der Waals surface area contributed by atoms with Crippen molar-refractivity contribution in [1.29, 1.82) is 0 Å². The van der Waals surface area contributed by atoms with Gasteiger partial charge in [-0.3, -0.25) is 4.79 Å². The lowest BCUT2D eigenvalue weighted by Crippen LogP contribution is -2.14. The number of aryl methyl sites for hydroxylation is 1. The van der Waals surface area contributed by atoms with Crippen LogP contribution < -0.4 is 5.32 Å². The van der Waals surface area contributed by atoms with Crippen molar-refractivity contribution in [2.45, 2.75) is 32.6 Å². The molecule has 0 radical (unpaired) electrons. The lowest BCUT2D eigenvalue weighted by Gasteiger charge is -2.07. The number of aromatic amines is 1. The minimum atomic E-state index is 0.0113. The van der Waals surface area contributed by atoms with Gasteiger partial charge < -0.3 is 10.3 Å². The first-order chi connectivity index (χ1) is 11.2. The van der Waals surface area contributed by atoms with E-state index >= 15 is 0 Å². The Hall–Kier alpha value is -2.55. The van der Waals surface area contributed by atoms with Crippen LogP contribution in [0.3, 0.4) is 0 Å². The van der Waals surface area contributed by atoms with Gasteiger partial charge in [0.2, 0.25) is 5.91 Å². The highest BCUT2D eigenvalue weighted by molar-refractivity contribution is 5.93. The number of H-pyrrole nitrogens is 1. The van der Waals surface area contributed by atoms with Gasteiger partial charge in [0.1, 0.15) is 0 Å². The Morgan fingerprint density at radius 3 is 2.61 bits per heavy atom. The smallest absolute Gasteiger partial charge is 0.228 e. The summed E-state index contributed by atoms with van der Waals surface area (Å²) in [4.78, 5) is 15.4. The monoisotopic (exact) mass is 306 g/mol. The number of hydrogen-bond acceptors (Lipinski definition) is 1. The Bertz CT molecular complexity index is 787. The number of aromatic nitrogens is 1. The Kier molecular flexibility index (Phi) is 4.77. The SMILES string of the molecule is CCCCc1ccc(NC(=O)Cc2ccc3cc[nH]c3c2)cc1. The summed E-state index contributed by atoms with van der Waals surface area (Å²) in [6.07, 6.45) is 5.79. The molecule has 0 saturated heterocycles. The molecule has 3 rings (SSSR count). The van der Waals surface area contributed by atoms with Gasteiger partial charge in [-0.25, -0.2) is 0 Å². The highest BCUT2D eigenvalue weighted by Crippen LogP contribution is 2.16. The number of amides is 1. The number of unbranched alkanes of at least 4 members (excludes halogenated alkanes) is 1. The molecule has 0 fully saturated rings. The molecule has 3 aromatic rings. The predicted molar refractivity (Wildman–Crippen MR) is 95.7 cm³/mol. The average Bonchev–Trinajstić information content (AvgIpc) is 3.02. The molecule has 118 valence electrons. The molecular formula is C20H22N2O. The standard InChI is InChI=1S/C20H22N2O/c1-2-3-4-15-6-9-18(10-7-15)22-20(23)14-16-5-8-17-11-12-21-19(17)13-16/h5-13,21H,2-4,14H2,1H3,(H,22,23). The summed E-state index contributed by atoms with van der Waals surface area (Å²) in [6, 6.07) is 16.3. The van der Waals surface area contributed by atoms with Crippen LogP contribution in [0.5, 0.6) is 0 Å². The fraction of sp³-hybridized carbons (Fsp3) is 0.250. The van der Waals surface area contributed by atoms with Gasteiger partial charge in [0.25, 0.3) is 0 Å². The van der Waals surface area contributed by atoms with Gasteiger partial charge in [0, 0.05) is 17.4 Å². The van der Waals surface area contributed by atoms with Crippen molar-refractivity contribution >= 4 is 22.5 Å². The van der Waals surface area contributed by atoms with Crippen LogP contribution in [0.25, 0.3) is 10.9 Å². The zero-order valence-electron chi connectivity index (χ0n) is 13.4. The Balaban J connectivity index is 1.60. The fourth-order valence-electron chi connectivity index (χ4n) is 2.73. The number of nitrogens with one attached hydrogen (secondary N) is 2. The van der Waals surface area contributed by atoms with Gasteiger partial charge >= 0.3 is 0 Å². The van der Waals surface area contributed by atoms with E-state index in [0.29, 0.717) is 6.42 Å². The number of fused-ring (bicyclic) bond motifs is 1. The molecule has 0 atom stereocenters. The van der Waals surface area contributed by atoms with Crippen molar-refractivity contribution in [2.24, 2.45) is 0 Å². The number of carbonyl (C=O) groups is 1. The molecule has 1 aromatic heterocycles. The largest absolute Gasteiger partial charge is 0.361 e. The van der Waals surface area contributed by atoms with Gasteiger partial charge in [-0.15, -0.1) is 0 Å². The molecule has 3 heteroatoms. The molecule has 3 nitrogen and oxygen atoms in total. The first-order valence-electron chi connectivity index (χ1n) is 8.19. The van der Waals surface area contributed by atoms with E-state index in [1.54, 1.807) is 0 Å². The molecule has 2 aromatic carbocycles. The van der Waals surface area contributed by atoms with Crippen LogP contribution in [0.15, 0.2) is 54.7 Å². The minimum absolute atomic E-state index is 0.0113. The zero-order chi connectivity index (χ0) is 16.1.